The van der Waals surface area contributed by atoms with Crippen LogP contribution in [0.2, 0.25) is 0 Å². The molecule has 24 heavy (non-hydrogen) atoms. The van der Waals surface area contributed by atoms with Gasteiger partial charge in [-0.3, -0.25) is 4.79 Å². The SMILES string of the molecule is CCCN(CCC)c1ccc(C(=O)Nc2cccc(C)c2C)nc1. The minimum atomic E-state index is -0.173. The second kappa shape index (κ2) is 8.48. The summed E-state index contributed by atoms with van der Waals surface area (Å²) in [5.74, 6) is -0.173. The molecule has 0 fully saturated rings. The number of amides is 1. The van der Waals surface area contributed by atoms with E-state index in [0.29, 0.717) is 5.69 Å². The average molecular weight is 325 g/mol. The Bertz CT molecular complexity index is 674. The van der Waals surface area contributed by atoms with E-state index in [4.69, 9.17) is 0 Å². The summed E-state index contributed by atoms with van der Waals surface area (Å²) < 4.78 is 0. The molecule has 2 aromatic rings. The maximum absolute atomic E-state index is 12.4. The zero-order valence-electron chi connectivity index (χ0n) is 15.1. The highest BCUT2D eigenvalue weighted by atomic mass is 16.1. The number of nitrogens with one attached hydrogen (secondary N) is 1. The molecule has 2 rings (SSSR count). The van der Waals surface area contributed by atoms with Crippen molar-refractivity contribution in [3.05, 3.63) is 53.3 Å². The zero-order valence-corrected chi connectivity index (χ0v) is 15.1. The Hall–Kier alpha value is -2.36. The third kappa shape index (κ3) is 4.34. The van der Waals surface area contributed by atoms with Gasteiger partial charge < -0.3 is 10.2 Å². The van der Waals surface area contributed by atoms with Crippen LogP contribution < -0.4 is 10.2 Å². The summed E-state index contributed by atoms with van der Waals surface area (Å²) in [4.78, 5) is 19.1. The molecule has 4 nitrogen and oxygen atoms in total. The van der Waals surface area contributed by atoms with Crippen molar-refractivity contribution in [2.24, 2.45) is 0 Å². The van der Waals surface area contributed by atoms with E-state index in [2.05, 4.69) is 29.0 Å². The summed E-state index contributed by atoms with van der Waals surface area (Å²) in [6, 6.07) is 9.68. The first-order valence-electron chi connectivity index (χ1n) is 8.65. The molecule has 0 atom stereocenters. The molecule has 128 valence electrons. The Morgan fingerprint density at radius 3 is 2.38 bits per heavy atom. The number of anilines is 2. The lowest BCUT2D eigenvalue weighted by atomic mass is 10.1. The van der Waals surface area contributed by atoms with Crippen molar-refractivity contribution in [3.8, 4) is 0 Å². The number of hydrogen-bond donors (Lipinski definition) is 1. The highest BCUT2D eigenvalue weighted by Gasteiger charge is 2.11. The predicted octanol–water partition coefficient (Wildman–Crippen LogP) is 4.58. The third-order valence-electron chi connectivity index (χ3n) is 4.19. The summed E-state index contributed by atoms with van der Waals surface area (Å²) in [5.41, 5.74) is 4.59. The predicted molar refractivity (Wildman–Crippen MR) is 101 cm³/mol. The summed E-state index contributed by atoms with van der Waals surface area (Å²) in [7, 11) is 0. The molecule has 0 aliphatic carbocycles. The summed E-state index contributed by atoms with van der Waals surface area (Å²) in [6.07, 6.45) is 3.98. The van der Waals surface area contributed by atoms with E-state index in [1.54, 1.807) is 12.3 Å². The second-order valence-electron chi connectivity index (χ2n) is 6.09. The molecule has 0 aliphatic heterocycles. The van der Waals surface area contributed by atoms with Gasteiger partial charge in [0.05, 0.1) is 11.9 Å². The Balaban J connectivity index is 2.12. The molecule has 0 saturated carbocycles. The Morgan fingerprint density at radius 1 is 1.08 bits per heavy atom. The maximum atomic E-state index is 12.4. The fourth-order valence-electron chi connectivity index (χ4n) is 2.69. The van der Waals surface area contributed by atoms with Crippen LogP contribution in [0.15, 0.2) is 36.5 Å². The molecule has 1 N–H and O–H groups in total. The van der Waals surface area contributed by atoms with Gasteiger partial charge in [-0.15, -0.1) is 0 Å². The number of pyridine rings is 1. The molecule has 4 heteroatoms. The van der Waals surface area contributed by atoms with Crippen molar-refractivity contribution in [2.45, 2.75) is 40.5 Å². The molecule has 1 amide bonds. The molecule has 1 aromatic heterocycles. The number of carbonyl (C=O) groups is 1. The van der Waals surface area contributed by atoms with Crippen molar-refractivity contribution in [3.63, 3.8) is 0 Å². The maximum Gasteiger partial charge on any atom is 0.274 e. The molecule has 0 spiro atoms. The van der Waals surface area contributed by atoms with E-state index in [1.165, 1.54) is 0 Å². The summed E-state index contributed by atoms with van der Waals surface area (Å²) in [6.45, 7) is 10.4. The van der Waals surface area contributed by atoms with Crippen molar-refractivity contribution in [2.75, 3.05) is 23.3 Å². The number of hydrogen-bond acceptors (Lipinski definition) is 3. The van der Waals surface area contributed by atoms with Crippen molar-refractivity contribution in [1.82, 2.24) is 4.98 Å². The first-order valence-corrected chi connectivity index (χ1v) is 8.65. The van der Waals surface area contributed by atoms with Gasteiger partial charge in [-0.1, -0.05) is 26.0 Å². The average Bonchev–Trinajstić information content (AvgIpc) is 2.59. The smallest absolute Gasteiger partial charge is 0.274 e. The fourth-order valence-corrected chi connectivity index (χ4v) is 2.69. The highest BCUT2D eigenvalue weighted by molar-refractivity contribution is 6.03. The van der Waals surface area contributed by atoms with Crippen LogP contribution >= 0.6 is 0 Å². The van der Waals surface area contributed by atoms with Gasteiger partial charge in [0.1, 0.15) is 5.69 Å². The topological polar surface area (TPSA) is 45.2 Å². The third-order valence-corrected chi connectivity index (χ3v) is 4.19. The van der Waals surface area contributed by atoms with Crippen LogP contribution in [0.25, 0.3) is 0 Å². The van der Waals surface area contributed by atoms with Crippen molar-refractivity contribution >= 4 is 17.3 Å². The van der Waals surface area contributed by atoms with E-state index < -0.39 is 0 Å². The van der Waals surface area contributed by atoms with Gasteiger partial charge in [-0.2, -0.15) is 0 Å². The Labute approximate surface area is 144 Å². The summed E-state index contributed by atoms with van der Waals surface area (Å²) in [5, 5.41) is 2.95. The number of aryl methyl sites for hydroxylation is 1. The largest absolute Gasteiger partial charge is 0.370 e. The summed E-state index contributed by atoms with van der Waals surface area (Å²) >= 11 is 0. The van der Waals surface area contributed by atoms with E-state index >= 15 is 0 Å². The van der Waals surface area contributed by atoms with Gasteiger partial charge in [-0.25, -0.2) is 4.98 Å². The van der Waals surface area contributed by atoms with Gasteiger partial charge in [0.15, 0.2) is 0 Å². The number of carbonyl (C=O) groups excluding carboxylic acids is 1. The van der Waals surface area contributed by atoms with Gasteiger partial charge in [0.2, 0.25) is 0 Å². The molecular weight excluding hydrogens is 298 g/mol. The van der Waals surface area contributed by atoms with Gasteiger partial charge in [0.25, 0.3) is 5.91 Å². The lowest BCUT2D eigenvalue weighted by Crippen LogP contribution is -2.25. The second-order valence-corrected chi connectivity index (χ2v) is 6.09. The van der Waals surface area contributed by atoms with Crippen LogP contribution in [0, 0.1) is 13.8 Å². The molecule has 0 bridgehead atoms. The van der Waals surface area contributed by atoms with E-state index in [-0.39, 0.29) is 5.91 Å². The quantitative estimate of drug-likeness (QED) is 0.810. The Kier molecular flexibility index (Phi) is 6.36. The normalized spacial score (nSPS) is 10.5. The molecule has 1 aromatic carbocycles. The zero-order chi connectivity index (χ0) is 17.5. The number of nitrogens with zero attached hydrogens (tertiary/aromatic N) is 2. The first-order chi connectivity index (χ1) is 11.6. The van der Waals surface area contributed by atoms with E-state index in [9.17, 15) is 4.79 Å². The van der Waals surface area contributed by atoms with Crippen molar-refractivity contribution in [1.29, 1.82) is 0 Å². The van der Waals surface area contributed by atoms with Gasteiger partial charge in [-0.05, 0) is 56.0 Å². The lowest BCUT2D eigenvalue weighted by molar-refractivity contribution is 0.102. The van der Waals surface area contributed by atoms with E-state index in [1.807, 2.05) is 38.1 Å². The van der Waals surface area contributed by atoms with Crippen LogP contribution in [0.4, 0.5) is 11.4 Å². The van der Waals surface area contributed by atoms with Gasteiger partial charge >= 0.3 is 0 Å². The van der Waals surface area contributed by atoms with Crippen LogP contribution in [0.5, 0.6) is 0 Å². The number of benzene rings is 1. The van der Waals surface area contributed by atoms with Crippen molar-refractivity contribution < 1.29 is 4.79 Å². The molecule has 0 saturated heterocycles. The van der Waals surface area contributed by atoms with Crippen LogP contribution in [-0.4, -0.2) is 24.0 Å². The molecule has 0 aliphatic rings. The highest BCUT2D eigenvalue weighted by Crippen LogP contribution is 2.19. The Morgan fingerprint density at radius 2 is 1.79 bits per heavy atom. The molecule has 1 heterocycles. The first kappa shape index (κ1) is 18.0. The number of aromatic nitrogens is 1. The standard InChI is InChI=1S/C20H27N3O/c1-5-12-23(13-6-2)17-10-11-19(21-14-17)20(24)22-18-9-7-8-15(3)16(18)4/h7-11,14H,5-6,12-13H2,1-4H3,(H,22,24). The lowest BCUT2D eigenvalue weighted by Gasteiger charge is -2.23. The van der Waals surface area contributed by atoms with E-state index in [0.717, 1.165) is 48.4 Å². The minimum absolute atomic E-state index is 0.173. The molecule has 0 radical (unpaired) electrons. The minimum Gasteiger partial charge on any atom is -0.370 e. The molecule has 0 unspecified atom stereocenters. The monoisotopic (exact) mass is 325 g/mol. The van der Waals surface area contributed by atoms with Crippen LogP contribution in [0.3, 0.4) is 0 Å². The van der Waals surface area contributed by atoms with Crippen LogP contribution in [-0.2, 0) is 0 Å². The van der Waals surface area contributed by atoms with Gasteiger partial charge in [0, 0.05) is 18.8 Å². The molecular formula is C20H27N3O. The number of rotatable bonds is 7. The van der Waals surface area contributed by atoms with Crippen LogP contribution in [0.1, 0.15) is 48.3 Å². The fraction of sp³-hybridized carbons (Fsp3) is 0.400.